The minimum Gasteiger partial charge on any atom is -0.490 e. The molecule has 0 radical (unpaired) electrons. The third-order valence-electron chi connectivity index (χ3n) is 5.24. The summed E-state index contributed by atoms with van der Waals surface area (Å²) in [7, 11) is 1.60. The smallest absolute Gasteiger partial charge is 0.423 e. The minimum absolute atomic E-state index is 0.0914. The van der Waals surface area contributed by atoms with Crippen molar-refractivity contribution in [3.05, 3.63) is 23.7 Å². The lowest BCUT2D eigenvalue weighted by molar-refractivity contribution is -0.138. The monoisotopic (exact) mass is 417 g/mol. The molecule has 2 aliphatic carbocycles. The van der Waals surface area contributed by atoms with Gasteiger partial charge in [0.05, 0.1) is 18.1 Å². The summed E-state index contributed by atoms with van der Waals surface area (Å²) in [6.07, 6.45) is 6.37. The van der Waals surface area contributed by atoms with Gasteiger partial charge in [-0.25, -0.2) is 8.78 Å². The van der Waals surface area contributed by atoms with Crippen molar-refractivity contribution in [2.45, 2.75) is 62.3 Å². The van der Waals surface area contributed by atoms with Crippen LogP contribution in [0.25, 0.3) is 5.65 Å². The Balaban J connectivity index is 0.00000117. The van der Waals surface area contributed by atoms with Crippen LogP contribution in [0.5, 0.6) is 5.75 Å². The number of pyridine rings is 1. The second kappa shape index (κ2) is 7.78. The van der Waals surface area contributed by atoms with Crippen LogP contribution in [-0.2, 0) is 10.9 Å². The van der Waals surface area contributed by atoms with E-state index in [2.05, 4.69) is 23.0 Å². The van der Waals surface area contributed by atoms with Crippen LogP contribution >= 0.6 is 0 Å². The van der Waals surface area contributed by atoms with E-state index in [1.807, 2.05) is 0 Å². The predicted octanol–water partition coefficient (Wildman–Crippen LogP) is 4.46. The molecule has 0 N–H and O–H groups in total. The van der Waals surface area contributed by atoms with Crippen LogP contribution in [0.1, 0.15) is 49.4 Å². The maximum atomic E-state index is 13.7. The van der Waals surface area contributed by atoms with Crippen LogP contribution in [-0.4, -0.2) is 39.8 Å². The number of hydrogen-bond donors (Lipinski definition) is 0. The number of halogens is 5. The number of hydrogen-bond acceptors (Lipinski definition) is 4. The van der Waals surface area contributed by atoms with Crippen molar-refractivity contribution in [3.63, 3.8) is 0 Å². The Hall–Kier alpha value is -2.41. The van der Waals surface area contributed by atoms with Crippen LogP contribution in [0.15, 0.2) is 12.3 Å². The van der Waals surface area contributed by atoms with E-state index in [4.69, 9.17) is 9.47 Å². The summed E-state index contributed by atoms with van der Waals surface area (Å²) in [6, 6.07) is 1.16. The molecule has 2 aromatic heterocycles. The molecule has 2 fully saturated rings. The molecule has 0 bridgehead atoms. The number of fused-ring (bicyclic) bond motifs is 1. The Bertz CT molecular complexity index is 885. The Morgan fingerprint density at radius 1 is 1.10 bits per heavy atom. The fourth-order valence-corrected chi connectivity index (χ4v) is 3.62. The fraction of sp³-hybridized carbons (Fsp3) is 0.579. The van der Waals surface area contributed by atoms with Crippen LogP contribution in [0.2, 0.25) is 0 Å². The van der Waals surface area contributed by atoms with E-state index in [1.165, 1.54) is 6.20 Å². The van der Waals surface area contributed by atoms with Crippen LogP contribution < -0.4 is 4.74 Å². The van der Waals surface area contributed by atoms with Crippen LogP contribution in [0, 0.1) is 12.8 Å². The molecular formula is C19H20F5N3O2. The van der Waals surface area contributed by atoms with Crippen LogP contribution in [0.3, 0.4) is 0 Å². The third kappa shape index (κ3) is 4.15. The van der Waals surface area contributed by atoms with Crippen molar-refractivity contribution >= 4 is 5.65 Å². The molecule has 2 heterocycles. The normalized spacial score (nSPS) is 25.9. The Labute approximate surface area is 164 Å². The lowest BCUT2D eigenvalue weighted by Crippen LogP contribution is -2.28. The summed E-state index contributed by atoms with van der Waals surface area (Å²) in [5.41, 5.74) is -1.59. The summed E-state index contributed by atoms with van der Waals surface area (Å²) in [4.78, 5) is 0. The van der Waals surface area contributed by atoms with Gasteiger partial charge in [-0.1, -0.05) is 0 Å². The molecule has 1 atom stereocenters. The zero-order valence-corrected chi connectivity index (χ0v) is 15.6. The Kier molecular flexibility index (Phi) is 5.72. The van der Waals surface area contributed by atoms with Crippen LogP contribution in [0.4, 0.5) is 22.0 Å². The van der Waals surface area contributed by atoms with E-state index in [-0.39, 0.29) is 23.8 Å². The lowest BCUT2D eigenvalue weighted by atomic mass is 9.95. The molecule has 4 rings (SSSR count). The van der Waals surface area contributed by atoms with Gasteiger partial charge in [0, 0.05) is 19.7 Å². The molecule has 0 spiro atoms. The van der Waals surface area contributed by atoms with Crippen molar-refractivity contribution in [3.8, 4) is 18.6 Å². The van der Waals surface area contributed by atoms with E-state index < -0.39 is 35.6 Å². The molecule has 2 aromatic rings. The predicted molar refractivity (Wildman–Crippen MR) is 93.9 cm³/mol. The minimum atomic E-state index is -4.75. The van der Waals surface area contributed by atoms with Crippen molar-refractivity contribution in [1.82, 2.24) is 14.6 Å². The maximum Gasteiger partial charge on any atom is 0.423 e. The highest BCUT2D eigenvalue weighted by atomic mass is 19.4. The number of nitrogens with zero attached hydrogens (tertiary/aromatic N) is 3. The molecule has 10 heteroatoms. The molecule has 0 saturated heterocycles. The van der Waals surface area contributed by atoms with Crippen molar-refractivity contribution in [2.75, 3.05) is 7.11 Å². The molecule has 2 aliphatic rings. The maximum absolute atomic E-state index is 13.7. The van der Waals surface area contributed by atoms with E-state index in [0.29, 0.717) is 25.7 Å². The van der Waals surface area contributed by atoms with Crippen molar-refractivity contribution in [1.29, 1.82) is 0 Å². The molecule has 0 amide bonds. The first-order valence-corrected chi connectivity index (χ1v) is 9.06. The molecule has 29 heavy (non-hydrogen) atoms. The number of methoxy groups -OCH3 is 1. The topological polar surface area (TPSA) is 48.7 Å². The molecule has 5 nitrogen and oxygen atoms in total. The molecule has 0 unspecified atom stereocenters. The molecular weight excluding hydrogens is 397 g/mol. The van der Waals surface area contributed by atoms with Gasteiger partial charge in [-0.05, 0) is 31.7 Å². The second-order valence-electron chi connectivity index (χ2n) is 7.07. The average molecular weight is 417 g/mol. The number of aromatic nitrogens is 3. The van der Waals surface area contributed by atoms with Gasteiger partial charge in [-0.3, -0.25) is 4.40 Å². The highest BCUT2D eigenvalue weighted by Gasteiger charge is 2.60. The highest BCUT2D eigenvalue weighted by Crippen LogP contribution is 2.55. The summed E-state index contributed by atoms with van der Waals surface area (Å²) < 4.78 is 79.6. The van der Waals surface area contributed by atoms with E-state index in [9.17, 15) is 22.0 Å². The van der Waals surface area contributed by atoms with Gasteiger partial charge in [0.2, 0.25) is 0 Å². The quantitative estimate of drug-likeness (QED) is 0.545. The number of ether oxygens (including phenoxy) is 2. The highest BCUT2D eigenvalue weighted by molar-refractivity contribution is 5.57. The number of terminal acetylenes is 1. The summed E-state index contributed by atoms with van der Waals surface area (Å²) in [6.45, 7) is 0. The van der Waals surface area contributed by atoms with E-state index in [1.54, 1.807) is 7.11 Å². The Morgan fingerprint density at radius 3 is 2.21 bits per heavy atom. The van der Waals surface area contributed by atoms with Gasteiger partial charge in [0.25, 0.3) is 5.92 Å². The van der Waals surface area contributed by atoms with Crippen molar-refractivity contribution in [2.24, 2.45) is 0 Å². The summed E-state index contributed by atoms with van der Waals surface area (Å²) >= 11 is 0. The van der Waals surface area contributed by atoms with E-state index in [0.717, 1.165) is 10.5 Å². The lowest BCUT2D eigenvalue weighted by Gasteiger charge is -2.29. The van der Waals surface area contributed by atoms with Gasteiger partial charge < -0.3 is 9.47 Å². The largest absolute Gasteiger partial charge is 0.490 e. The molecule has 0 aliphatic heterocycles. The first kappa shape index (κ1) is 21.3. The average Bonchev–Trinajstić information content (AvgIpc) is 3.12. The Morgan fingerprint density at radius 2 is 1.69 bits per heavy atom. The van der Waals surface area contributed by atoms with E-state index >= 15 is 0 Å². The third-order valence-corrected chi connectivity index (χ3v) is 5.24. The zero-order valence-electron chi connectivity index (χ0n) is 15.6. The van der Waals surface area contributed by atoms with Gasteiger partial charge in [0.1, 0.15) is 17.1 Å². The molecule has 2 saturated carbocycles. The summed E-state index contributed by atoms with van der Waals surface area (Å²) in [5, 5.41) is 7.15. The van der Waals surface area contributed by atoms with Gasteiger partial charge >= 0.3 is 6.18 Å². The van der Waals surface area contributed by atoms with Gasteiger partial charge in [-0.2, -0.15) is 13.2 Å². The SMILES string of the molecule is C#C.COC1CCC(Oc2ccn3c([C@@H]4CC4(F)F)nnc3c2C(F)(F)F)CC1. The summed E-state index contributed by atoms with van der Waals surface area (Å²) in [5.74, 6) is -4.66. The number of alkyl halides is 5. The van der Waals surface area contributed by atoms with Gasteiger partial charge in [0.15, 0.2) is 5.65 Å². The van der Waals surface area contributed by atoms with Gasteiger partial charge in [-0.15, -0.1) is 23.0 Å². The first-order valence-electron chi connectivity index (χ1n) is 9.06. The molecule has 158 valence electrons. The molecule has 0 aromatic carbocycles. The van der Waals surface area contributed by atoms with Crippen molar-refractivity contribution < 1.29 is 31.4 Å². The second-order valence-corrected chi connectivity index (χ2v) is 7.07. The fourth-order valence-electron chi connectivity index (χ4n) is 3.62. The zero-order chi connectivity index (χ0) is 21.4. The standard InChI is InChI=1S/C17H18F5N3O2.C2H2/c1-26-9-2-4-10(5-3-9)27-12-6-7-25-14(11-8-16(11,18)19)23-24-15(25)13(12)17(20,21)22;1-2/h6-7,9-11H,2-5,8H2,1H3;1-2H/t9?,10?,11-;/m0./s1. The first-order chi connectivity index (χ1) is 13.7. The number of rotatable bonds is 4.